The second-order valence-corrected chi connectivity index (χ2v) is 3.16. The number of hydrogen-bond acceptors (Lipinski definition) is 2. The Hall–Kier alpha value is -1.38. The first-order valence-electron chi connectivity index (χ1n) is 3.78. The Kier molecular flexibility index (Phi) is 2.13. The summed E-state index contributed by atoms with van der Waals surface area (Å²) in [5.41, 5.74) is -0.515. The third kappa shape index (κ3) is 1.44. The molecule has 12 heavy (non-hydrogen) atoms. The maximum atomic E-state index is 7.78. The highest BCUT2D eigenvalue weighted by Crippen LogP contribution is 2.11. The summed E-state index contributed by atoms with van der Waals surface area (Å²) in [6.07, 6.45) is 3.66. The molecule has 1 aromatic heterocycles. The second-order valence-electron chi connectivity index (χ2n) is 3.16. The molecule has 1 N–H and O–H groups in total. The fourth-order valence-electron chi connectivity index (χ4n) is 0.874. The van der Waals surface area contributed by atoms with E-state index in [2.05, 4.69) is 11.7 Å². The summed E-state index contributed by atoms with van der Waals surface area (Å²) < 4.78 is 1.73. The van der Waals surface area contributed by atoms with E-state index in [1.165, 1.54) is 0 Å². The van der Waals surface area contributed by atoms with E-state index in [1.54, 1.807) is 4.57 Å². The molecule has 0 aliphatic carbocycles. The molecule has 0 amide bonds. The van der Waals surface area contributed by atoms with Gasteiger partial charge in [-0.2, -0.15) is 0 Å². The van der Waals surface area contributed by atoms with Crippen molar-refractivity contribution >= 4 is 12.6 Å². The molecule has 0 saturated carbocycles. The molecule has 0 spiro atoms. The van der Waals surface area contributed by atoms with Crippen LogP contribution in [-0.4, -0.2) is 22.7 Å². The summed E-state index contributed by atoms with van der Waals surface area (Å²) in [6, 6.07) is 3.77. The summed E-state index contributed by atoms with van der Waals surface area (Å²) in [7, 11) is 0. The minimum Gasteiger partial charge on any atom is -0.311 e. The van der Waals surface area contributed by atoms with Crippen LogP contribution in [0.5, 0.6) is 0 Å². The Morgan fingerprint density at radius 1 is 1.42 bits per heavy atom. The van der Waals surface area contributed by atoms with Crippen LogP contribution in [0.25, 0.3) is 0 Å². The number of hydrogen-bond donors (Lipinski definition) is 1. The molecule has 0 atom stereocenters. The Morgan fingerprint density at radius 3 is 2.33 bits per heavy atom. The van der Waals surface area contributed by atoms with Crippen LogP contribution in [0.4, 0.5) is 0 Å². The standard InChI is InChI=1S/C9H13N3/c1-9(2,11-3)8(10)12-6-4-5-7-12/h4-7,10H,3H2,1-2H3. The molecule has 3 nitrogen and oxygen atoms in total. The van der Waals surface area contributed by atoms with Gasteiger partial charge in [-0.1, -0.05) is 0 Å². The number of rotatable bonds is 2. The van der Waals surface area contributed by atoms with Gasteiger partial charge in [-0.05, 0) is 32.7 Å². The van der Waals surface area contributed by atoms with Crippen molar-refractivity contribution in [2.75, 3.05) is 0 Å². The number of aliphatic imine (C=N–C) groups is 1. The molecule has 64 valence electrons. The fraction of sp³-hybridized carbons (Fsp3) is 0.333. The van der Waals surface area contributed by atoms with E-state index in [9.17, 15) is 0 Å². The molecule has 0 fully saturated rings. The van der Waals surface area contributed by atoms with Crippen molar-refractivity contribution in [2.45, 2.75) is 19.4 Å². The molecular formula is C9H13N3. The van der Waals surface area contributed by atoms with Gasteiger partial charge < -0.3 is 4.57 Å². The lowest BCUT2D eigenvalue weighted by atomic mass is 10.1. The highest BCUT2D eigenvalue weighted by Gasteiger charge is 2.21. The Bertz CT molecular complexity index is 283. The first-order chi connectivity index (χ1) is 5.58. The summed E-state index contributed by atoms with van der Waals surface area (Å²) in [5, 5.41) is 7.78. The van der Waals surface area contributed by atoms with E-state index in [0.717, 1.165) is 0 Å². The zero-order valence-corrected chi connectivity index (χ0v) is 7.41. The Balaban J connectivity index is 2.93. The predicted octanol–water partition coefficient (Wildman–Crippen LogP) is 1.79. The zero-order chi connectivity index (χ0) is 9.19. The molecule has 1 heterocycles. The third-order valence-electron chi connectivity index (χ3n) is 1.84. The quantitative estimate of drug-likeness (QED) is 0.510. The summed E-state index contributed by atoms with van der Waals surface area (Å²) in [4.78, 5) is 3.88. The normalized spacial score (nSPS) is 11.2. The van der Waals surface area contributed by atoms with Gasteiger partial charge in [-0.3, -0.25) is 10.4 Å². The molecule has 1 rings (SSSR count). The van der Waals surface area contributed by atoms with Crippen LogP contribution in [0.15, 0.2) is 29.5 Å². The topological polar surface area (TPSA) is 41.1 Å². The number of nitrogens with one attached hydrogen (secondary N) is 1. The maximum absolute atomic E-state index is 7.78. The van der Waals surface area contributed by atoms with Crippen molar-refractivity contribution in [3.8, 4) is 0 Å². The van der Waals surface area contributed by atoms with Gasteiger partial charge in [-0.15, -0.1) is 0 Å². The van der Waals surface area contributed by atoms with Crippen LogP contribution in [0.2, 0.25) is 0 Å². The van der Waals surface area contributed by atoms with E-state index in [-0.39, 0.29) is 0 Å². The van der Waals surface area contributed by atoms with Crippen LogP contribution in [-0.2, 0) is 0 Å². The van der Waals surface area contributed by atoms with Gasteiger partial charge in [0.1, 0.15) is 11.4 Å². The molecule has 0 saturated heterocycles. The van der Waals surface area contributed by atoms with E-state index >= 15 is 0 Å². The monoisotopic (exact) mass is 163 g/mol. The van der Waals surface area contributed by atoms with Gasteiger partial charge in [0, 0.05) is 12.4 Å². The van der Waals surface area contributed by atoms with Gasteiger partial charge in [0.05, 0.1) is 0 Å². The van der Waals surface area contributed by atoms with Gasteiger partial charge in [0.25, 0.3) is 0 Å². The fourth-order valence-corrected chi connectivity index (χ4v) is 0.874. The Labute approximate surface area is 72.3 Å². The molecule has 0 radical (unpaired) electrons. The molecule has 0 bridgehead atoms. The van der Waals surface area contributed by atoms with Crippen LogP contribution < -0.4 is 0 Å². The molecule has 3 heteroatoms. The molecule has 1 aromatic rings. The lowest BCUT2D eigenvalue weighted by Gasteiger charge is -2.20. The summed E-state index contributed by atoms with van der Waals surface area (Å²) >= 11 is 0. The van der Waals surface area contributed by atoms with Crippen molar-refractivity contribution in [1.82, 2.24) is 4.57 Å². The van der Waals surface area contributed by atoms with E-state index in [4.69, 9.17) is 5.41 Å². The Morgan fingerprint density at radius 2 is 1.92 bits per heavy atom. The summed E-state index contributed by atoms with van der Waals surface area (Å²) in [6.45, 7) is 7.19. The van der Waals surface area contributed by atoms with Gasteiger partial charge >= 0.3 is 0 Å². The van der Waals surface area contributed by atoms with Gasteiger partial charge in [0.2, 0.25) is 0 Å². The molecule has 0 unspecified atom stereocenters. The number of aromatic nitrogens is 1. The third-order valence-corrected chi connectivity index (χ3v) is 1.84. The average Bonchev–Trinajstić information content (AvgIpc) is 2.55. The molecule has 0 aromatic carbocycles. The molecule has 0 aliphatic rings. The van der Waals surface area contributed by atoms with E-state index in [0.29, 0.717) is 5.84 Å². The number of nitrogens with zero attached hydrogens (tertiary/aromatic N) is 2. The largest absolute Gasteiger partial charge is 0.311 e. The lowest BCUT2D eigenvalue weighted by molar-refractivity contribution is 0.677. The average molecular weight is 163 g/mol. The van der Waals surface area contributed by atoms with E-state index in [1.807, 2.05) is 38.4 Å². The second kappa shape index (κ2) is 2.93. The minimum absolute atomic E-state index is 0.433. The van der Waals surface area contributed by atoms with Crippen LogP contribution in [0.1, 0.15) is 13.8 Å². The smallest absolute Gasteiger partial charge is 0.132 e. The van der Waals surface area contributed by atoms with Crippen LogP contribution in [0.3, 0.4) is 0 Å². The highest BCUT2D eigenvalue weighted by molar-refractivity contribution is 5.90. The van der Waals surface area contributed by atoms with Crippen molar-refractivity contribution < 1.29 is 0 Å². The molecular weight excluding hydrogens is 150 g/mol. The first-order valence-corrected chi connectivity index (χ1v) is 3.78. The van der Waals surface area contributed by atoms with Gasteiger partial charge in [0.15, 0.2) is 0 Å². The van der Waals surface area contributed by atoms with Crippen LogP contribution in [0, 0.1) is 5.41 Å². The molecule has 0 aliphatic heterocycles. The summed E-state index contributed by atoms with van der Waals surface area (Å²) in [5.74, 6) is 0.433. The maximum Gasteiger partial charge on any atom is 0.132 e. The highest BCUT2D eigenvalue weighted by atomic mass is 15.1. The van der Waals surface area contributed by atoms with Crippen molar-refractivity contribution in [3.63, 3.8) is 0 Å². The van der Waals surface area contributed by atoms with Crippen molar-refractivity contribution in [3.05, 3.63) is 24.5 Å². The van der Waals surface area contributed by atoms with Gasteiger partial charge in [-0.25, -0.2) is 0 Å². The SMILES string of the molecule is C=NC(C)(C)C(=N)n1cccc1. The van der Waals surface area contributed by atoms with Crippen LogP contribution >= 0.6 is 0 Å². The van der Waals surface area contributed by atoms with Crippen molar-refractivity contribution in [2.24, 2.45) is 4.99 Å². The minimum atomic E-state index is -0.515. The zero-order valence-electron chi connectivity index (χ0n) is 7.41. The lowest BCUT2D eigenvalue weighted by Crippen LogP contribution is -2.33. The predicted molar refractivity (Wildman–Crippen MR) is 51.2 cm³/mol. The first kappa shape index (κ1) is 8.71. The van der Waals surface area contributed by atoms with Crippen molar-refractivity contribution in [1.29, 1.82) is 5.41 Å². The van der Waals surface area contributed by atoms with E-state index < -0.39 is 5.54 Å².